The molecular weight excluding hydrogens is 245 g/mol. The van der Waals surface area contributed by atoms with E-state index in [0.29, 0.717) is 0 Å². The van der Waals surface area contributed by atoms with Crippen molar-refractivity contribution in [1.82, 2.24) is 0 Å². The second kappa shape index (κ2) is 3.53. The normalized spacial score (nSPS) is 35.3. The number of benzene rings is 1. The minimum absolute atomic E-state index is 0.0892. The zero-order valence-electron chi connectivity index (χ0n) is 10.1. The van der Waals surface area contributed by atoms with Crippen molar-refractivity contribution in [2.24, 2.45) is 23.7 Å². The average molecular weight is 257 g/mol. The number of nitrogens with zero attached hydrogens (tertiary/aromatic N) is 1. The van der Waals surface area contributed by atoms with Crippen LogP contribution >= 0.6 is 0 Å². The van der Waals surface area contributed by atoms with E-state index in [9.17, 15) is 14.0 Å². The largest absolute Gasteiger partial charge is 0.274 e. The predicted octanol–water partition coefficient (Wildman–Crippen LogP) is 2.14. The van der Waals surface area contributed by atoms with Gasteiger partial charge in [0.2, 0.25) is 11.8 Å². The number of carbonyl (C=O) groups excluding carboxylic acids is 2. The molecule has 3 nitrogen and oxygen atoms in total. The first kappa shape index (κ1) is 10.9. The van der Waals surface area contributed by atoms with Gasteiger partial charge in [0.1, 0.15) is 5.82 Å². The highest BCUT2D eigenvalue weighted by atomic mass is 19.1. The first-order valence-corrected chi connectivity index (χ1v) is 6.49. The summed E-state index contributed by atoms with van der Waals surface area (Å²) in [6.45, 7) is 0. The minimum Gasteiger partial charge on any atom is -0.274 e. The predicted molar refractivity (Wildman–Crippen MR) is 66.6 cm³/mol. The van der Waals surface area contributed by atoms with Crippen LogP contribution in [0.4, 0.5) is 10.1 Å². The van der Waals surface area contributed by atoms with Crippen molar-refractivity contribution < 1.29 is 14.0 Å². The highest BCUT2D eigenvalue weighted by Crippen LogP contribution is 2.53. The van der Waals surface area contributed by atoms with Gasteiger partial charge < -0.3 is 0 Å². The third-order valence-corrected chi connectivity index (χ3v) is 4.56. The maximum atomic E-state index is 13.8. The van der Waals surface area contributed by atoms with Crippen LogP contribution in [0.2, 0.25) is 0 Å². The van der Waals surface area contributed by atoms with Crippen molar-refractivity contribution in [3.63, 3.8) is 0 Å². The maximum Gasteiger partial charge on any atom is 0.238 e. The quantitative estimate of drug-likeness (QED) is 0.571. The van der Waals surface area contributed by atoms with Crippen molar-refractivity contribution in [1.29, 1.82) is 0 Å². The summed E-state index contributed by atoms with van der Waals surface area (Å²) in [7, 11) is 0. The Hall–Kier alpha value is -1.97. The Morgan fingerprint density at radius 3 is 2.16 bits per heavy atom. The maximum absolute atomic E-state index is 13.8. The molecule has 3 aliphatic rings. The number of anilines is 1. The van der Waals surface area contributed by atoms with Crippen LogP contribution in [0.3, 0.4) is 0 Å². The molecule has 0 radical (unpaired) electrons. The standard InChI is InChI=1S/C15H12FNO2/c16-10-3-1-2-4-11(10)17-14(18)12-8-5-6-9(7-8)13(12)15(17)19/h1-6,8-9,12-13H,7H2. The summed E-state index contributed by atoms with van der Waals surface area (Å²) in [6, 6.07) is 5.95. The van der Waals surface area contributed by atoms with Crippen LogP contribution in [0.15, 0.2) is 36.4 Å². The number of carbonyl (C=O) groups is 2. The Bertz CT molecular complexity index is 594. The molecule has 96 valence electrons. The fourth-order valence-corrected chi connectivity index (χ4v) is 3.77. The number of imide groups is 1. The van der Waals surface area contributed by atoms with E-state index in [2.05, 4.69) is 0 Å². The molecule has 2 fully saturated rings. The van der Waals surface area contributed by atoms with Gasteiger partial charge in [0.05, 0.1) is 17.5 Å². The average Bonchev–Trinajstić information content (AvgIpc) is 3.06. The SMILES string of the molecule is O=C1C2C3C=CC(C3)C2C(=O)N1c1ccccc1F. The fraction of sp³-hybridized carbons (Fsp3) is 0.333. The lowest BCUT2D eigenvalue weighted by Crippen LogP contribution is -2.33. The summed E-state index contributed by atoms with van der Waals surface area (Å²) in [5.74, 6) is -1.24. The van der Waals surface area contributed by atoms with Crippen LogP contribution in [0.25, 0.3) is 0 Å². The van der Waals surface area contributed by atoms with Gasteiger partial charge >= 0.3 is 0 Å². The molecule has 4 unspecified atom stereocenters. The number of hydrogen-bond donors (Lipinski definition) is 0. The molecule has 1 saturated carbocycles. The Kier molecular flexibility index (Phi) is 2.03. The molecule has 4 heteroatoms. The Morgan fingerprint density at radius 1 is 1.00 bits per heavy atom. The molecule has 4 rings (SSSR count). The van der Waals surface area contributed by atoms with Crippen LogP contribution < -0.4 is 4.90 Å². The smallest absolute Gasteiger partial charge is 0.238 e. The summed E-state index contributed by atoms with van der Waals surface area (Å²) in [6.07, 6.45) is 4.95. The molecule has 4 atom stereocenters. The van der Waals surface area contributed by atoms with Crippen molar-refractivity contribution in [3.8, 4) is 0 Å². The molecule has 19 heavy (non-hydrogen) atoms. The minimum atomic E-state index is -0.524. The van der Waals surface area contributed by atoms with Gasteiger partial charge in [-0.05, 0) is 30.4 Å². The first-order chi connectivity index (χ1) is 9.18. The van der Waals surface area contributed by atoms with Gasteiger partial charge in [0.25, 0.3) is 0 Å². The number of halogens is 1. The molecule has 2 amide bonds. The monoisotopic (exact) mass is 257 g/mol. The van der Waals surface area contributed by atoms with Crippen LogP contribution in [0.5, 0.6) is 0 Å². The molecular formula is C15H12FNO2. The van der Waals surface area contributed by atoms with Crippen molar-refractivity contribution in [2.75, 3.05) is 4.90 Å². The van der Waals surface area contributed by atoms with E-state index < -0.39 is 5.82 Å². The Labute approximate surface area is 109 Å². The fourth-order valence-electron chi connectivity index (χ4n) is 3.77. The van der Waals surface area contributed by atoms with Crippen LogP contribution in [-0.2, 0) is 9.59 Å². The lowest BCUT2D eigenvalue weighted by Gasteiger charge is -2.17. The molecule has 1 saturated heterocycles. The lowest BCUT2D eigenvalue weighted by molar-refractivity contribution is -0.123. The molecule has 0 spiro atoms. The number of rotatable bonds is 1. The molecule has 1 aliphatic heterocycles. The van der Waals surface area contributed by atoms with Crippen molar-refractivity contribution >= 4 is 17.5 Å². The molecule has 1 aromatic rings. The highest BCUT2D eigenvalue weighted by Gasteiger charge is 2.59. The number of fused-ring (bicyclic) bond motifs is 5. The van der Waals surface area contributed by atoms with Gasteiger partial charge in [0, 0.05) is 0 Å². The van der Waals surface area contributed by atoms with Gasteiger partial charge in [0.15, 0.2) is 0 Å². The van der Waals surface area contributed by atoms with Crippen LogP contribution in [-0.4, -0.2) is 11.8 Å². The van der Waals surface area contributed by atoms with Crippen molar-refractivity contribution in [2.45, 2.75) is 6.42 Å². The summed E-state index contributed by atoms with van der Waals surface area (Å²) in [5, 5.41) is 0. The van der Waals surface area contributed by atoms with E-state index in [1.807, 2.05) is 12.2 Å². The topological polar surface area (TPSA) is 37.4 Å². The lowest BCUT2D eigenvalue weighted by atomic mass is 9.85. The van der Waals surface area contributed by atoms with Gasteiger partial charge in [-0.15, -0.1) is 0 Å². The number of hydrogen-bond acceptors (Lipinski definition) is 2. The third-order valence-electron chi connectivity index (χ3n) is 4.56. The van der Waals surface area contributed by atoms with Crippen LogP contribution in [0, 0.1) is 29.5 Å². The molecule has 0 N–H and O–H groups in total. The second-order valence-electron chi connectivity index (χ2n) is 5.46. The number of amides is 2. The van der Waals surface area contributed by atoms with E-state index in [4.69, 9.17) is 0 Å². The highest BCUT2D eigenvalue weighted by molar-refractivity contribution is 6.22. The molecule has 1 heterocycles. The Balaban J connectivity index is 1.79. The van der Waals surface area contributed by atoms with Gasteiger partial charge in [-0.3, -0.25) is 9.59 Å². The van der Waals surface area contributed by atoms with Crippen LogP contribution in [0.1, 0.15) is 6.42 Å². The summed E-state index contributed by atoms with van der Waals surface area (Å²) in [4.78, 5) is 25.9. The van der Waals surface area contributed by atoms with Gasteiger partial charge in [-0.25, -0.2) is 9.29 Å². The number of para-hydroxylation sites is 1. The van der Waals surface area contributed by atoms with E-state index in [1.54, 1.807) is 12.1 Å². The molecule has 2 bridgehead atoms. The molecule has 0 aromatic heterocycles. The van der Waals surface area contributed by atoms with E-state index in [-0.39, 0.29) is 41.2 Å². The number of allylic oxidation sites excluding steroid dienone is 2. The van der Waals surface area contributed by atoms with E-state index in [1.165, 1.54) is 12.1 Å². The van der Waals surface area contributed by atoms with Crippen molar-refractivity contribution in [3.05, 3.63) is 42.2 Å². The zero-order chi connectivity index (χ0) is 13.1. The molecule has 2 aliphatic carbocycles. The molecule has 1 aromatic carbocycles. The van der Waals surface area contributed by atoms with E-state index >= 15 is 0 Å². The first-order valence-electron chi connectivity index (χ1n) is 6.49. The van der Waals surface area contributed by atoms with Gasteiger partial charge in [-0.2, -0.15) is 0 Å². The Morgan fingerprint density at radius 2 is 1.58 bits per heavy atom. The third kappa shape index (κ3) is 1.26. The second-order valence-corrected chi connectivity index (χ2v) is 5.46. The summed E-state index contributed by atoms with van der Waals surface area (Å²) < 4.78 is 13.8. The van der Waals surface area contributed by atoms with Gasteiger partial charge in [-0.1, -0.05) is 24.3 Å². The van der Waals surface area contributed by atoms with E-state index in [0.717, 1.165) is 11.3 Å². The zero-order valence-corrected chi connectivity index (χ0v) is 10.1. The summed E-state index contributed by atoms with van der Waals surface area (Å²) in [5.41, 5.74) is 0.0892. The summed E-state index contributed by atoms with van der Waals surface area (Å²) >= 11 is 0.